The van der Waals surface area contributed by atoms with Crippen LogP contribution in [0.25, 0.3) is 0 Å². The molecule has 0 unspecified atom stereocenters. The lowest BCUT2D eigenvalue weighted by Crippen LogP contribution is -2.29. The van der Waals surface area contributed by atoms with Crippen molar-refractivity contribution in [1.29, 1.82) is 0 Å². The van der Waals surface area contributed by atoms with Crippen LogP contribution in [0.15, 0.2) is 18.2 Å². The first-order chi connectivity index (χ1) is 10.6. The molecule has 116 valence electrons. The molecule has 0 aliphatic rings. The van der Waals surface area contributed by atoms with Crippen LogP contribution in [0.5, 0.6) is 5.75 Å². The third kappa shape index (κ3) is 4.01. The molecule has 1 heterocycles. The molecule has 22 heavy (non-hydrogen) atoms. The van der Waals surface area contributed by atoms with E-state index in [1.165, 1.54) is 6.92 Å². The van der Waals surface area contributed by atoms with Crippen molar-refractivity contribution >= 4 is 17.5 Å². The number of amides is 2. The van der Waals surface area contributed by atoms with Crippen LogP contribution in [0.2, 0.25) is 0 Å². The van der Waals surface area contributed by atoms with E-state index >= 15 is 0 Å². The first kappa shape index (κ1) is 15.4. The van der Waals surface area contributed by atoms with Crippen molar-refractivity contribution < 1.29 is 14.3 Å². The molecular formula is C13H16N6O3. The number of ketones is 1. The number of anilines is 1. The van der Waals surface area contributed by atoms with E-state index in [0.29, 0.717) is 29.4 Å². The molecule has 9 heteroatoms. The van der Waals surface area contributed by atoms with Gasteiger partial charge >= 0.3 is 6.03 Å². The number of ether oxygens (including phenoxy) is 1. The quantitative estimate of drug-likeness (QED) is 0.687. The zero-order valence-corrected chi connectivity index (χ0v) is 12.2. The minimum atomic E-state index is -0.466. The van der Waals surface area contributed by atoms with Gasteiger partial charge in [0.2, 0.25) is 0 Å². The summed E-state index contributed by atoms with van der Waals surface area (Å²) in [4.78, 5) is 23.3. The van der Waals surface area contributed by atoms with Crippen LogP contribution >= 0.6 is 0 Å². The molecular weight excluding hydrogens is 288 g/mol. The van der Waals surface area contributed by atoms with Gasteiger partial charge in [-0.1, -0.05) is 5.21 Å². The first-order valence-electron chi connectivity index (χ1n) is 6.65. The smallest absolute Gasteiger partial charge is 0.319 e. The Morgan fingerprint density at radius 2 is 2.18 bits per heavy atom. The van der Waals surface area contributed by atoms with Gasteiger partial charge in [-0.05, 0) is 32.0 Å². The number of tetrazole rings is 1. The number of carbonyl (C=O) groups is 2. The number of aromatic nitrogens is 4. The third-order valence-electron chi connectivity index (χ3n) is 2.73. The molecule has 9 nitrogen and oxygen atoms in total. The molecule has 0 bridgehead atoms. The fourth-order valence-electron chi connectivity index (χ4n) is 1.71. The Kier molecular flexibility index (Phi) is 5.02. The van der Waals surface area contributed by atoms with Crippen molar-refractivity contribution in [3.63, 3.8) is 0 Å². The maximum absolute atomic E-state index is 11.9. The highest BCUT2D eigenvalue weighted by atomic mass is 16.5. The Hall–Kier alpha value is -2.97. The van der Waals surface area contributed by atoms with Crippen molar-refractivity contribution in [2.75, 3.05) is 11.9 Å². The van der Waals surface area contributed by atoms with Crippen LogP contribution < -0.4 is 15.4 Å². The lowest BCUT2D eigenvalue weighted by molar-refractivity contribution is 0.101. The monoisotopic (exact) mass is 304 g/mol. The molecule has 0 radical (unpaired) electrons. The van der Waals surface area contributed by atoms with Gasteiger partial charge in [-0.15, -0.1) is 10.2 Å². The van der Waals surface area contributed by atoms with Crippen LogP contribution in [0, 0.1) is 0 Å². The van der Waals surface area contributed by atoms with Crippen molar-refractivity contribution in [2.45, 2.75) is 20.4 Å². The van der Waals surface area contributed by atoms with E-state index in [-0.39, 0.29) is 12.3 Å². The summed E-state index contributed by atoms with van der Waals surface area (Å²) < 4.78 is 5.43. The minimum absolute atomic E-state index is 0.0988. The number of nitrogens with one attached hydrogen (secondary N) is 3. The number of hydrogen-bond donors (Lipinski definition) is 3. The minimum Gasteiger partial charge on any atom is -0.492 e. The lowest BCUT2D eigenvalue weighted by atomic mass is 10.1. The number of urea groups is 1. The molecule has 0 spiro atoms. The van der Waals surface area contributed by atoms with Crippen LogP contribution in [0.3, 0.4) is 0 Å². The average Bonchev–Trinajstić information content (AvgIpc) is 3.00. The van der Waals surface area contributed by atoms with Crippen molar-refractivity contribution in [1.82, 2.24) is 25.9 Å². The fraction of sp³-hybridized carbons (Fsp3) is 0.308. The number of carbonyl (C=O) groups excluding carboxylic acids is 2. The second-order valence-corrected chi connectivity index (χ2v) is 4.34. The number of aromatic amines is 1. The van der Waals surface area contributed by atoms with Gasteiger partial charge < -0.3 is 15.4 Å². The molecule has 2 rings (SSSR count). The zero-order valence-electron chi connectivity index (χ0n) is 12.2. The second-order valence-electron chi connectivity index (χ2n) is 4.34. The Morgan fingerprint density at radius 1 is 1.36 bits per heavy atom. The Morgan fingerprint density at radius 3 is 2.82 bits per heavy atom. The summed E-state index contributed by atoms with van der Waals surface area (Å²) >= 11 is 0. The van der Waals surface area contributed by atoms with Crippen molar-refractivity contribution in [3.05, 3.63) is 29.6 Å². The summed E-state index contributed by atoms with van der Waals surface area (Å²) in [5, 5.41) is 18.3. The lowest BCUT2D eigenvalue weighted by Gasteiger charge is -2.12. The Bertz CT molecular complexity index is 656. The van der Waals surface area contributed by atoms with Gasteiger partial charge in [-0.2, -0.15) is 5.21 Å². The predicted molar refractivity (Wildman–Crippen MR) is 77.7 cm³/mol. The summed E-state index contributed by atoms with van der Waals surface area (Å²) in [5.74, 6) is 0.748. The van der Waals surface area contributed by atoms with Gasteiger partial charge in [0.1, 0.15) is 5.75 Å². The molecule has 1 aromatic carbocycles. The standard InChI is InChI=1S/C13H16N6O3/c1-3-22-11-5-4-9(8(2)20)6-10(11)15-13(21)14-7-12-16-18-19-17-12/h4-6H,3,7H2,1-2H3,(H2,14,15,21)(H,16,17,18,19). The Balaban J connectivity index is 2.06. The maximum atomic E-state index is 11.9. The molecule has 0 atom stereocenters. The van der Waals surface area contributed by atoms with Crippen molar-refractivity contribution in [3.8, 4) is 5.75 Å². The summed E-state index contributed by atoms with van der Waals surface area (Å²) in [6.07, 6.45) is 0. The van der Waals surface area contributed by atoms with Crippen LogP contribution in [-0.2, 0) is 6.54 Å². The first-order valence-corrected chi connectivity index (χ1v) is 6.65. The number of H-pyrrole nitrogens is 1. The van der Waals surface area contributed by atoms with Crippen LogP contribution in [0.1, 0.15) is 30.0 Å². The number of nitrogens with zero attached hydrogens (tertiary/aromatic N) is 3. The van der Waals surface area contributed by atoms with Gasteiger partial charge in [-0.3, -0.25) is 4.79 Å². The van der Waals surface area contributed by atoms with Gasteiger partial charge in [0.25, 0.3) is 0 Å². The van der Waals surface area contributed by atoms with Crippen LogP contribution in [0.4, 0.5) is 10.5 Å². The van der Waals surface area contributed by atoms with E-state index in [1.807, 2.05) is 6.92 Å². The molecule has 0 saturated heterocycles. The largest absolute Gasteiger partial charge is 0.492 e. The average molecular weight is 304 g/mol. The number of hydrogen-bond acceptors (Lipinski definition) is 6. The summed E-state index contributed by atoms with van der Waals surface area (Å²) in [7, 11) is 0. The van der Waals surface area contributed by atoms with E-state index in [0.717, 1.165) is 0 Å². The summed E-state index contributed by atoms with van der Waals surface area (Å²) in [6, 6.07) is 4.40. The molecule has 1 aromatic heterocycles. The zero-order chi connectivity index (χ0) is 15.9. The highest BCUT2D eigenvalue weighted by molar-refractivity contribution is 5.97. The summed E-state index contributed by atoms with van der Waals surface area (Å²) in [6.45, 7) is 3.85. The molecule has 0 aliphatic carbocycles. The number of benzene rings is 1. The fourth-order valence-corrected chi connectivity index (χ4v) is 1.71. The van der Waals surface area contributed by atoms with Crippen LogP contribution in [-0.4, -0.2) is 39.0 Å². The van der Waals surface area contributed by atoms with E-state index in [9.17, 15) is 9.59 Å². The molecule has 0 aliphatic heterocycles. The van der Waals surface area contributed by atoms with Gasteiger partial charge in [0.15, 0.2) is 11.6 Å². The molecule has 2 aromatic rings. The van der Waals surface area contributed by atoms with Gasteiger partial charge in [0.05, 0.1) is 18.8 Å². The topological polar surface area (TPSA) is 122 Å². The highest BCUT2D eigenvalue weighted by Crippen LogP contribution is 2.26. The van der Waals surface area contributed by atoms with Gasteiger partial charge in [0, 0.05) is 5.56 Å². The van der Waals surface area contributed by atoms with Crippen molar-refractivity contribution in [2.24, 2.45) is 0 Å². The molecule has 0 fully saturated rings. The number of Topliss-reactive ketones (excluding diaryl/α,β-unsaturated/α-hetero) is 1. The van der Waals surface area contributed by atoms with E-state index < -0.39 is 6.03 Å². The van der Waals surface area contributed by atoms with E-state index in [4.69, 9.17) is 4.74 Å². The molecule has 2 amide bonds. The second kappa shape index (κ2) is 7.16. The normalized spacial score (nSPS) is 10.1. The highest BCUT2D eigenvalue weighted by Gasteiger charge is 2.11. The van der Waals surface area contributed by atoms with E-state index in [1.54, 1.807) is 18.2 Å². The summed E-state index contributed by atoms with van der Waals surface area (Å²) in [5.41, 5.74) is 0.900. The number of rotatable bonds is 6. The predicted octanol–water partition coefficient (Wildman–Crippen LogP) is 1.12. The maximum Gasteiger partial charge on any atom is 0.319 e. The SMILES string of the molecule is CCOc1ccc(C(C)=O)cc1NC(=O)NCc1nn[nH]n1. The van der Waals surface area contributed by atoms with E-state index in [2.05, 4.69) is 31.3 Å². The molecule has 3 N–H and O–H groups in total. The Labute approximate surface area is 126 Å². The molecule has 0 saturated carbocycles. The van der Waals surface area contributed by atoms with Gasteiger partial charge in [-0.25, -0.2) is 4.79 Å². The third-order valence-corrected chi connectivity index (χ3v) is 2.73.